The van der Waals surface area contributed by atoms with Crippen LogP contribution >= 0.6 is 0 Å². The Kier molecular flexibility index (Phi) is 9.28. The van der Waals surface area contributed by atoms with E-state index in [1.165, 1.54) is 32.4 Å². The number of aromatic nitrogens is 3. The maximum absolute atomic E-state index is 11.1. The molecule has 2 aliphatic heterocycles. The second-order valence-electron chi connectivity index (χ2n) is 13.1. The molecular formula is C33H46N6O3. The van der Waals surface area contributed by atoms with E-state index in [0.717, 1.165) is 54.8 Å². The molecule has 9 nitrogen and oxygen atoms in total. The topological polar surface area (TPSA) is 103 Å². The molecule has 3 aromatic rings. The smallest absolute Gasteiger partial charge is 0.306 e. The van der Waals surface area contributed by atoms with Gasteiger partial charge in [0.25, 0.3) is 0 Å². The van der Waals surface area contributed by atoms with Crippen molar-refractivity contribution < 1.29 is 14.7 Å². The van der Waals surface area contributed by atoms with Gasteiger partial charge in [0.15, 0.2) is 11.9 Å². The zero-order valence-corrected chi connectivity index (χ0v) is 25.4. The zero-order valence-electron chi connectivity index (χ0n) is 25.4. The summed E-state index contributed by atoms with van der Waals surface area (Å²) in [7, 11) is 2.05. The highest BCUT2D eigenvalue weighted by atomic mass is 16.4. The normalized spacial score (nSPS) is 26.5. The Bertz CT molecular complexity index is 1320. The molecule has 4 heterocycles. The van der Waals surface area contributed by atoms with Crippen LogP contribution in [0.15, 0.2) is 48.7 Å². The van der Waals surface area contributed by atoms with E-state index in [-0.39, 0.29) is 11.7 Å². The van der Waals surface area contributed by atoms with Crippen LogP contribution in [0, 0.1) is 30.1 Å². The molecule has 2 aliphatic carbocycles. The highest BCUT2D eigenvalue weighted by molar-refractivity contribution is 5.71. The van der Waals surface area contributed by atoms with Crippen LogP contribution in [0.5, 0.6) is 0 Å². The number of pyridine rings is 1. The van der Waals surface area contributed by atoms with Crippen LogP contribution in [0.1, 0.15) is 62.1 Å². The monoisotopic (exact) mass is 574 g/mol. The van der Waals surface area contributed by atoms with Crippen LogP contribution in [-0.2, 0) is 4.79 Å². The molecule has 4 unspecified atom stereocenters. The van der Waals surface area contributed by atoms with Crippen LogP contribution in [0.25, 0.3) is 5.65 Å². The van der Waals surface area contributed by atoms with Crippen LogP contribution in [0.4, 0.5) is 5.69 Å². The number of carboxylic acid groups (broad SMARTS) is 1. The average molecular weight is 575 g/mol. The van der Waals surface area contributed by atoms with Crippen molar-refractivity contribution in [3.8, 4) is 0 Å². The van der Waals surface area contributed by atoms with E-state index in [2.05, 4.69) is 45.1 Å². The lowest BCUT2D eigenvalue weighted by Gasteiger charge is -2.61. The van der Waals surface area contributed by atoms with E-state index < -0.39 is 5.97 Å². The third-order valence-corrected chi connectivity index (χ3v) is 9.71. The van der Waals surface area contributed by atoms with Gasteiger partial charge in [0.05, 0.1) is 17.8 Å². The van der Waals surface area contributed by atoms with Crippen LogP contribution in [-0.4, -0.2) is 82.2 Å². The fourth-order valence-electron chi connectivity index (χ4n) is 7.30. The molecule has 4 atom stereocenters. The predicted molar refractivity (Wildman–Crippen MR) is 165 cm³/mol. The number of fused-ring (bicyclic) bond motifs is 1. The molecule has 1 aromatic carbocycles. The largest absolute Gasteiger partial charge is 0.481 e. The molecule has 2 saturated heterocycles. The number of likely N-dealkylation sites (tertiary alicyclic amines) is 1. The molecule has 0 radical (unpaired) electrons. The highest BCUT2D eigenvalue weighted by Gasteiger charge is 2.54. The molecule has 4 fully saturated rings. The van der Waals surface area contributed by atoms with Gasteiger partial charge in [-0.1, -0.05) is 50.2 Å². The van der Waals surface area contributed by atoms with E-state index in [1.54, 1.807) is 4.52 Å². The van der Waals surface area contributed by atoms with Crippen molar-refractivity contribution >= 4 is 23.6 Å². The van der Waals surface area contributed by atoms with Gasteiger partial charge < -0.3 is 15.3 Å². The molecule has 7 rings (SSSR count). The number of hydrogen-bond acceptors (Lipinski definition) is 7. The second kappa shape index (κ2) is 12.9. The van der Waals surface area contributed by atoms with Gasteiger partial charge >= 0.3 is 5.97 Å². The number of carbonyl (C=O) groups excluding carboxylic acids is 1. The SMILES string of the molecule is CNC1CC2(C1)CN(C1CC(C)C(C(=O)O)C1)C2.Cc1cc(N2CCC(C)C2)cn2nc(C=O)nc12.c1ccccc1. The first-order chi connectivity index (χ1) is 20.2. The molecule has 4 aliphatic rings. The number of hydrogen-bond donors (Lipinski definition) is 2. The minimum atomic E-state index is -0.598. The third-order valence-electron chi connectivity index (χ3n) is 9.71. The molecule has 42 heavy (non-hydrogen) atoms. The summed E-state index contributed by atoms with van der Waals surface area (Å²) in [5, 5.41) is 16.7. The Morgan fingerprint density at radius 3 is 2.29 bits per heavy atom. The highest BCUT2D eigenvalue weighted by Crippen LogP contribution is 2.51. The number of aryl methyl sites for hydroxylation is 1. The van der Waals surface area contributed by atoms with Gasteiger partial charge in [-0.15, -0.1) is 5.10 Å². The lowest BCUT2D eigenvalue weighted by Crippen LogP contribution is -2.67. The predicted octanol–water partition coefficient (Wildman–Crippen LogP) is 4.55. The number of benzene rings is 1. The van der Waals surface area contributed by atoms with E-state index in [0.29, 0.717) is 23.7 Å². The fraction of sp³-hybridized carbons (Fsp3) is 0.576. The molecule has 1 spiro atoms. The summed E-state index contributed by atoms with van der Waals surface area (Å²) in [4.78, 5) is 30.9. The minimum absolute atomic E-state index is 0.113. The molecule has 2 N–H and O–H groups in total. The first-order valence-electron chi connectivity index (χ1n) is 15.4. The Balaban J connectivity index is 0.000000141. The van der Waals surface area contributed by atoms with E-state index in [9.17, 15) is 14.7 Å². The lowest BCUT2D eigenvalue weighted by atomic mass is 9.60. The van der Waals surface area contributed by atoms with Gasteiger partial charge in [0.2, 0.25) is 5.82 Å². The number of nitrogens with zero attached hydrogens (tertiary/aromatic N) is 5. The Hall–Kier alpha value is -3.30. The number of carboxylic acids is 1. The second-order valence-corrected chi connectivity index (χ2v) is 13.1. The maximum Gasteiger partial charge on any atom is 0.306 e. The molecule has 9 heteroatoms. The van der Waals surface area contributed by atoms with Crippen molar-refractivity contribution in [3.05, 3.63) is 60.0 Å². The molecular weight excluding hydrogens is 528 g/mol. The van der Waals surface area contributed by atoms with Gasteiger partial charge in [-0.2, -0.15) is 0 Å². The van der Waals surface area contributed by atoms with Crippen molar-refractivity contribution in [2.75, 3.05) is 38.1 Å². The minimum Gasteiger partial charge on any atom is -0.481 e. The van der Waals surface area contributed by atoms with Gasteiger partial charge in [-0.05, 0) is 75.0 Å². The fourth-order valence-corrected chi connectivity index (χ4v) is 7.30. The van der Waals surface area contributed by atoms with Crippen molar-refractivity contribution in [3.63, 3.8) is 0 Å². The van der Waals surface area contributed by atoms with Crippen LogP contribution in [0.3, 0.4) is 0 Å². The summed E-state index contributed by atoms with van der Waals surface area (Å²) in [5.41, 5.74) is 3.55. The number of nitrogens with one attached hydrogen (secondary N) is 1. The molecule has 0 bridgehead atoms. The summed E-state index contributed by atoms with van der Waals surface area (Å²) in [6.07, 6.45) is 8.43. The number of carbonyl (C=O) groups is 2. The summed E-state index contributed by atoms with van der Waals surface area (Å²) >= 11 is 0. The Morgan fingerprint density at radius 1 is 1.10 bits per heavy atom. The van der Waals surface area contributed by atoms with Gasteiger partial charge in [-0.25, -0.2) is 9.50 Å². The maximum atomic E-state index is 11.1. The van der Waals surface area contributed by atoms with Crippen molar-refractivity contribution in [1.29, 1.82) is 0 Å². The van der Waals surface area contributed by atoms with E-state index in [1.807, 2.05) is 56.6 Å². The van der Waals surface area contributed by atoms with Gasteiger partial charge in [-0.3, -0.25) is 14.5 Å². The Labute approximate surface area is 249 Å². The number of aldehydes is 1. The number of rotatable bonds is 5. The first kappa shape index (κ1) is 30.2. The Morgan fingerprint density at radius 2 is 1.76 bits per heavy atom. The van der Waals surface area contributed by atoms with Gasteiger partial charge in [0.1, 0.15) is 0 Å². The summed E-state index contributed by atoms with van der Waals surface area (Å²) in [5.74, 6) is 0.611. The molecule has 2 saturated carbocycles. The average Bonchev–Trinajstić information content (AvgIpc) is 3.67. The lowest BCUT2D eigenvalue weighted by molar-refractivity contribution is -0.143. The quantitative estimate of drug-likeness (QED) is 0.428. The van der Waals surface area contributed by atoms with E-state index in [4.69, 9.17) is 0 Å². The zero-order chi connectivity index (χ0) is 29.9. The summed E-state index contributed by atoms with van der Waals surface area (Å²) < 4.78 is 1.71. The number of anilines is 1. The van der Waals surface area contributed by atoms with Crippen molar-refractivity contribution in [2.24, 2.45) is 23.2 Å². The van der Waals surface area contributed by atoms with Crippen LogP contribution in [0.2, 0.25) is 0 Å². The number of aliphatic carboxylic acids is 1. The summed E-state index contributed by atoms with van der Waals surface area (Å²) in [6.45, 7) is 10.9. The molecule has 2 aromatic heterocycles. The summed E-state index contributed by atoms with van der Waals surface area (Å²) in [6, 6.07) is 15.4. The van der Waals surface area contributed by atoms with E-state index >= 15 is 0 Å². The third kappa shape index (κ3) is 6.68. The van der Waals surface area contributed by atoms with Crippen molar-refractivity contribution in [1.82, 2.24) is 24.8 Å². The van der Waals surface area contributed by atoms with Crippen LogP contribution < -0.4 is 10.2 Å². The molecule has 0 amide bonds. The standard InChI is InChI=1S/C14H24N2O2.C13H16N4O.C6H6/c1-9-3-11(4-12(9)13(17)18)16-7-14(8-16)5-10(6-14)15-2;1-9-3-4-16(6-9)11-5-10(2)13-14-12(8-18)15-17(13)7-11;1-2-4-6-5-3-1/h9-12,15H,3-8H2,1-2H3,(H,17,18);5,7-9H,3-4,6H2,1-2H3;1-6H. The van der Waals surface area contributed by atoms with Crippen molar-refractivity contribution in [2.45, 2.75) is 65.0 Å². The van der Waals surface area contributed by atoms with Gasteiger partial charge in [0, 0.05) is 38.3 Å². The molecule has 226 valence electrons. The first-order valence-corrected chi connectivity index (χ1v) is 15.4.